The number of nitrogens with one attached hydrogen (secondary N) is 2. The Balaban J connectivity index is 1.25. The number of aliphatic imine (C=N–C) groups is 1. The van der Waals surface area contributed by atoms with Gasteiger partial charge in [-0.1, -0.05) is 12.1 Å². The quantitative estimate of drug-likeness (QED) is 0.487. The number of allylic oxidation sites excluding steroid dienone is 1. The lowest BCUT2D eigenvalue weighted by Gasteiger charge is -2.36. The highest BCUT2D eigenvalue weighted by Gasteiger charge is 2.27. The third-order valence-corrected chi connectivity index (χ3v) is 6.48. The Hall–Kier alpha value is -3.98. The van der Waals surface area contributed by atoms with Crippen molar-refractivity contribution >= 4 is 46.0 Å². The lowest BCUT2D eigenvalue weighted by molar-refractivity contribution is -0.113. The highest BCUT2D eigenvalue weighted by Crippen LogP contribution is 2.30. The minimum atomic E-state index is -0.484. The molecule has 2 aliphatic rings. The van der Waals surface area contributed by atoms with Gasteiger partial charge in [-0.2, -0.15) is 0 Å². The SMILES string of the molecule is O=C1C=C(c2ccncc2F)N=C(N2CCC[C@@H](c3ccc(NC(=S)Nc4cccnc4)cc3)C2)C1. The van der Waals surface area contributed by atoms with Crippen LogP contribution < -0.4 is 10.6 Å². The van der Waals surface area contributed by atoms with Crippen molar-refractivity contribution in [3.63, 3.8) is 0 Å². The Bertz CT molecular complexity index is 1330. The molecular weight excluding hydrogens is 475 g/mol. The van der Waals surface area contributed by atoms with E-state index in [2.05, 4.69) is 42.6 Å². The van der Waals surface area contributed by atoms with E-state index in [4.69, 9.17) is 12.2 Å². The topological polar surface area (TPSA) is 82.5 Å². The van der Waals surface area contributed by atoms with Gasteiger partial charge in [-0.05, 0) is 61.0 Å². The van der Waals surface area contributed by atoms with Gasteiger partial charge in [0.15, 0.2) is 16.7 Å². The molecule has 1 aromatic carbocycles. The van der Waals surface area contributed by atoms with Gasteiger partial charge >= 0.3 is 0 Å². The summed E-state index contributed by atoms with van der Waals surface area (Å²) in [7, 11) is 0. The number of halogens is 1. The monoisotopic (exact) mass is 500 g/mol. The number of nitrogens with zero attached hydrogens (tertiary/aromatic N) is 4. The molecule has 0 spiro atoms. The van der Waals surface area contributed by atoms with Crippen molar-refractivity contribution in [1.29, 1.82) is 0 Å². The number of hydrogen-bond donors (Lipinski definition) is 2. The molecule has 1 saturated heterocycles. The first-order valence-corrected chi connectivity index (χ1v) is 12.2. The van der Waals surface area contributed by atoms with Crippen molar-refractivity contribution < 1.29 is 9.18 Å². The molecular formula is C27H25FN6OS. The van der Waals surface area contributed by atoms with Crippen LogP contribution in [0.4, 0.5) is 15.8 Å². The zero-order chi connectivity index (χ0) is 24.9. The highest BCUT2D eigenvalue weighted by atomic mass is 32.1. The normalized spacial score (nSPS) is 17.8. The summed E-state index contributed by atoms with van der Waals surface area (Å²) in [5.74, 6) is 0.447. The molecule has 7 nitrogen and oxygen atoms in total. The van der Waals surface area contributed by atoms with E-state index in [-0.39, 0.29) is 12.2 Å². The average molecular weight is 501 g/mol. The number of anilines is 2. The molecule has 2 aromatic heterocycles. The Morgan fingerprint density at radius 2 is 1.83 bits per heavy atom. The van der Waals surface area contributed by atoms with Crippen LogP contribution in [0.15, 0.2) is 78.3 Å². The average Bonchev–Trinajstić information content (AvgIpc) is 2.90. The van der Waals surface area contributed by atoms with E-state index in [1.54, 1.807) is 18.5 Å². The Kier molecular flexibility index (Phi) is 7.08. The fraction of sp³-hybridized carbons (Fsp3) is 0.222. The first kappa shape index (κ1) is 23.7. The van der Waals surface area contributed by atoms with E-state index in [0.717, 1.165) is 43.5 Å². The van der Waals surface area contributed by atoms with Gasteiger partial charge in [-0.3, -0.25) is 14.8 Å². The molecule has 0 aliphatic carbocycles. The van der Waals surface area contributed by atoms with Gasteiger partial charge < -0.3 is 15.5 Å². The Morgan fingerprint density at radius 3 is 2.61 bits per heavy atom. The van der Waals surface area contributed by atoms with Crippen molar-refractivity contribution in [1.82, 2.24) is 14.9 Å². The van der Waals surface area contributed by atoms with Gasteiger partial charge in [0, 0.05) is 48.7 Å². The summed E-state index contributed by atoms with van der Waals surface area (Å²) >= 11 is 5.40. The second-order valence-electron chi connectivity index (χ2n) is 8.78. The van der Waals surface area contributed by atoms with Crippen LogP contribution >= 0.6 is 12.2 Å². The molecule has 0 radical (unpaired) electrons. The van der Waals surface area contributed by atoms with E-state index in [0.29, 0.717) is 28.1 Å². The Morgan fingerprint density at radius 1 is 1.03 bits per heavy atom. The lowest BCUT2D eigenvalue weighted by Crippen LogP contribution is -2.40. The molecule has 2 N–H and O–H groups in total. The molecule has 0 bridgehead atoms. The number of benzene rings is 1. The third-order valence-electron chi connectivity index (χ3n) is 6.27. The van der Waals surface area contributed by atoms with Crippen LogP contribution in [0.2, 0.25) is 0 Å². The van der Waals surface area contributed by atoms with E-state index in [1.807, 2.05) is 24.3 Å². The van der Waals surface area contributed by atoms with Gasteiger partial charge in [0.2, 0.25) is 0 Å². The number of hydrogen-bond acceptors (Lipinski definition) is 6. The highest BCUT2D eigenvalue weighted by molar-refractivity contribution is 7.80. The summed E-state index contributed by atoms with van der Waals surface area (Å²) < 4.78 is 14.3. The summed E-state index contributed by atoms with van der Waals surface area (Å²) in [5, 5.41) is 6.80. The molecule has 0 unspecified atom stereocenters. The van der Waals surface area contributed by atoms with Crippen LogP contribution in [0.1, 0.15) is 36.3 Å². The first-order chi connectivity index (χ1) is 17.5. The molecule has 5 rings (SSSR count). The molecule has 3 aromatic rings. The van der Waals surface area contributed by atoms with Crippen molar-refractivity contribution in [2.24, 2.45) is 4.99 Å². The number of piperidine rings is 1. The van der Waals surface area contributed by atoms with Gasteiger partial charge in [-0.15, -0.1) is 0 Å². The zero-order valence-corrected chi connectivity index (χ0v) is 20.3. The maximum Gasteiger partial charge on any atom is 0.175 e. The maximum absolute atomic E-state index is 14.3. The number of ketones is 1. The number of thiocarbonyl (C=S) groups is 1. The lowest BCUT2D eigenvalue weighted by atomic mass is 9.90. The van der Waals surface area contributed by atoms with E-state index in [1.165, 1.54) is 17.8 Å². The standard InChI is InChI=1S/C27H25FN6OS/c28-24-16-30-11-9-23(24)25-13-22(35)14-26(33-25)34-12-2-3-19(17-34)18-5-7-20(8-6-18)31-27(36)32-21-4-1-10-29-15-21/h1,4-11,13,15-16,19H,2-3,12,14,17H2,(H2,31,32,36)/t19-/m1/s1. The van der Waals surface area contributed by atoms with Crippen LogP contribution in [0.5, 0.6) is 0 Å². The first-order valence-electron chi connectivity index (χ1n) is 11.8. The van der Waals surface area contributed by atoms with Gasteiger partial charge in [0.25, 0.3) is 0 Å². The van der Waals surface area contributed by atoms with Crippen LogP contribution in [-0.4, -0.2) is 44.7 Å². The molecule has 4 heterocycles. The number of amidine groups is 1. The fourth-order valence-electron chi connectivity index (χ4n) is 4.53. The van der Waals surface area contributed by atoms with Crippen molar-refractivity contribution in [3.05, 3.63) is 90.3 Å². The van der Waals surface area contributed by atoms with Crippen LogP contribution in [0, 0.1) is 5.82 Å². The second kappa shape index (κ2) is 10.7. The maximum atomic E-state index is 14.3. The fourth-order valence-corrected chi connectivity index (χ4v) is 4.76. The summed E-state index contributed by atoms with van der Waals surface area (Å²) in [4.78, 5) is 27.2. The number of carbonyl (C=O) groups is 1. The summed E-state index contributed by atoms with van der Waals surface area (Å²) in [6.45, 7) is 1.58. The van der Waals surface area contributed by atoms with Crippen LogP contribution in [0.3, 0.4) is 0 Å². The second-order valence-corrected chi connectivity index (χ2v) is 9.19. The number of pyridine rings is 2. The largest absolute Gasteiger partial charge is 0.359 e. The molecule has 1 atom stereocenters. The molecule has 9 heteroatoms. The van der Waals surface area contributed by atoms with Crippen molar-refractivity contribution in [2.45, 2.75) is 25.2 Å². The molecule has 1 fully saturated rings. The molecule has 0 saturated carbocycles. The van der Waals surface area contributed by atoms with Crippen molar-refractivity contribution in [3.8, 4) is 0 Å². The molecule has 2 aliphatic heterocycles. The number of carbonyl (C=O) groups excluding carboxylic acids is 1. The third kappa shape index (κ3) is 5.63. The van der Waals surface area contributed by atoms with Crippen LogP contribution in [0.25, 0.3) is 5.70 Å². The van der Waals surface area contributed by atoms with Crippen molar-refractivity contribution in [2.75, 3.05) is 23.7 Å². The van der Waals surface area contributed by atoms with E-state index >= 15 is 0 Å². The van der Waals surface area contributed by atoms with Gasteiger partial charge in [0.1, 0.15) is 5.84 Å². The molecule has 36 heavy (non-hydrogen) atoms. The summed E-state index contributed by atoms with van der Waals surface area (Å²) in [5.41, 5.74) is 3.58. The number of likely N-dealkylation sites (tertiary alicyclic amines) is 1. The summed E-state index contributed by atoms with van der Waals surface area (Å²) in [6, 6.07) is 13.5. The van der Waals surface area contributed by atoms with E-state index < -0.39 is 5.82 Å². The number of aromatic nitrogens is 2. The number of rotatable bonds is 4. The predicted octanol–water partition coefficient (Wildman–Crippen LogP) is 5.02. The zero-order valence-electron chi connectivity index (χ0n) is 19.5. The summed E-state index contributed by atoms with van der Waals surface area (Å²) in [6.07, 6.45) is 9.75. The Labute approximate surface area is 214 Å². The predicted molar refractivity (Wildman–Crippen MR) is 143 cm³/mol. The van der Waals surface area contributed by atoms with Gasteiger partial charge in [-0.25, -0.2) is 9.38 Å². The minimum Gasteiger partial charge on any atom is -0.359 e. The van der Waals surface area contributed by atoms with Gasteiger partial charge in [0.05, 0.1) is 30.2 Å². The minimum absolute atomic E-state index is 0.0698. The smallest absolute Gasteiger partial charge is 0.175 e. The molecule has 182 valence electrons. The van der Waals surface area contributed by atoms with E-state index in [9.17, 15) is 9.18 Å². The van der Waals surface area contributed by atoms with Crippen LogP contribution in [-0.2, 0) is 4.79 Å². The molecule has 0 amide bonds.